The maximum Gasteiger partial charge on any atom is 0.270 e. The van der Waals surface area contributed by atoms with Crippen LogP contribution in [0, 0.1) is 0 Å². The van der Waals surface area contributed by atoms with E-state index in [0.717, 1.165) is 5.56 Å². The quantitative estimate of drug-likeness (QED) is 0.868. The average Bonchev–Trinajstić information content (AvgIpc) is 2.33. The maximum absolute atomic E-state index is 11.6. The molecule has 1 heterocycles. The second-order valence-electron chi connectivity index (χ2n) is 3.39. The first-order chi connectivity index (χ1) is 7.72. The van der Waals surface area contributed by atoms with E-state index in [0.29, 0.717) is 17.9 Å². The van der Waals surface area contributed by atoms with E-state index in [4.69, 9.17) is 11.6 Å². The van der Waals surface area contributed by atoms with Crippen LogP contribution >= 0.6 is 11.6 Å². The molecule has 1 aromatic heterocycles. The average molecular weight is 235 g/mol. The largest absolute Gasteiger partial charge is 0.305 e. The van der Waals surface area contributed by atoms with Crippen LogP contribution in [0.4, 0.5) is 0 Å². The van der Waals surface area contributed by atoms with Gasteiger partial charge in [-0.3, -0.25) is 4.79 Å². The smallest absolute Gasteiger partial charge is 0.270 e. The maximum atomic E-state index is 11.6. The minimum atomic E-state index is -0.285. The van der Waals surface area contributed by atoms with E-state index in [-0.39, 0.29) is 10.6 Å². The van der Waals surface area contributed by atoms with Crippen LogP contribution in [0.2, 0.25) is 5.02 Å². The Bertz CT molecular complexity index is 549. The summed E-state index contributed by atoms with van der Waals surface area (Å²) in [4.78, 5) is 18.6. The van der Waals surface area contributed by atoms with Gasteiger partial charge in [0, 0.05) is 5.56 Å². The molecule has 2 rings (SSSR count). The molecule has 0 unspecified atom stereocenters. The molecular weight excluding hydrogens is 224 g/mol. The first kappa shape index (κ1) is 10.9. The summed E-state index contributed by atoms with van der Waals surface area (Å²) in [6.07, 6.45) is 0.641. The SMILES string of the molecule is CCc1nc(-c2ccccc2)[nH]c(=O)c1Cl. The first-order valence-corrected chi connectivity index (χ1v) is 5.44. The minimum absolute atomic E-state index is 0.183. The van der Waals surface area contributed by atoms with Gasteiger partial charge in [0.1, 0.15) is 10.8 Å². The molecule has 0 radical (unpaired) electrons. The van der Waals surface area contributed by atoms with Crippen LogP contribution in [0.5, 0.6) is 0 Å². The highest BCUT2D eigenvalue weighted by Gasteiger charge is 2.08. The van der Waals surface area contributed by atoms with E-state index in [1.807, 2.05) is 37.3 Å². The van der Waals surface area contributed by atoms with Crippen LogP contribution in [0.25, 0.3) is 11.4 Å². The fourth-order valence-corrected chi connectivity index (χ4v) is 1.70. The Balaban J connectivity index is 2.60. The Morgan fingerprint density at radius 1 is 1.31 bits per heavy atom. The van der Waals surface area contributed by atoms with E-state index in [1.165, 1.54) is 0 Å². The number of hydrogen-bond donors (Lipinski definition) is 1. The lowest BCUT2D eigenvalue weighted by molar-refractivity contribution is 0.987. The van der Waals surface area contributed by atoms with Crippen LogP contribution < -0.4 is 5.56 Å². The van der Waals surface area contributed by atoms with Crippen LogP contribution in [0.3, 0.4) is 0 Å². The van der Waals surface area contributed by atoms with Gasteiger partial charge in [0.15, 0.2) is 0 Å². The zero-order valence-electron chi connectivity index (χ0n) is 8.83. The van der Waals surface area contributed by atoms with Crippen LogP contribution in [0.1, 0.15) is 12.6 Å². The summed E-state index contributed by atoms with van der Waals surface area (Å²) in [5.41, 5.74) is 1.22. The highest BCUT2D eigenvalue weighted by molar-refractivity contribution is 6.31. The number of halogens is 1. The van der Waals surface area contributed by atoms with Crippen LogP contribution in [-0.2, 0) is 6.42 Å². The second-order valence-corrected chi connectivity index (χ2v) is 3.77. The molecule has 0 aliphatic carbocycles. The van der Waals surface area contributed by atoms with Crippen LogP contribution in [0.15, 0.2) is 35.1 Å². The van der Waals surface area contributed by atoms with Crippen molar-refractivity contribution in [1.29, 1.82) is 0 Å². The van der Waals surface area contributed by atoms with Gasteiger partial charge >= 0.3 is 0 Å². The lowest BCUT2D eigenvalue weighted by Gasteiger charge is -2.04. The van der Waals surface area contributed by atoms with Crippen molar-refractivity contribution < 1.29 is 0 Å². The van der Waals surface area contributed by atoms with E-state index >= 15 is 0 Å². The highest BCUT2D eigenvalue weighted by atomic mass is 35.5. The van der Waals surface area contributed by atoms with Gasteiger partial charge in [0.25, 0.3) is 5.56 Å². The molecule has 1 N–H and O–H groups in total. The summed E-state index contributed by atoms with van der Waals surface area (Å²) in [6.45, 7) is 1.92. The van der Waals surface area contributed by atoms with Gasteiger partial charge in [0.2, 0.25) is 0 Å². The minimum Gasteiger partial charge on any atom is -0.305 e. The van der Waals surface area contributed by atoms with Gasteiger partial charge in [-0.15, -0.1) is 0 Å². The van der Waals surface area contributed by atoms with Crippen molar-refractivity contribution in [1.82, 2.24) is 9.97 Å². The van der Waals surface area contributed by atoms with E-state index < -0.39 is 0 Å². The number of benzene rings is 1. The highest BCUT2D eigenvalue weighted by Crippen LogP contribution is 2.16. The van der Waals surface area contributed by atoms with Gasteiger partial charge in [-0.1, -0.05) is 48.9 Å². The molecule has 0 fully saturated rings. The monoisotopic (exact) mass is 234 g/mol. The molecule has 3 nitrogen and oxygen atoms in total. The van der Waals surface area contributed by atoms with Crippen molar-refractivity contribution in [3.05, 3.63) is 51.4 Å². The summed E-state index contributed by atoms with van der Waals surface area (Å²) in [7, 11) is 0. The molecule has 1 aromatic carbocycles. The Hall–Kier alpha value is -1.61. The zero-order chi connectivity index (χ0) is 11.5. The van der Waals surface area contributed by atoms with Crippen molar-refractivity contribution in [3.8, 4) is 11.4 Å². The topological polar surface area (TPSA) is 45.8 Å². The molecule has 0 amide bonds. The summed E-state index contributed by atoms with van der Waals surface area (Å²) < 4.78 is 0. The predicted molar refractivity (Wildman–Crippen MR) is 64.7 cm³/mol. The van der Waals surface area contributed by atoms with Gasteiger partial charge in [-0.2, -0.15) is 0 Å². The molecule has 0 saturated carbocycles. The number of nitrogens with one attached hydrogen (secondary N) is 1. The number of aromatic nitrogens is 2. The van der Waals surface area contributed by atoms with Gasteiger partial charge in [-0.05, 0) is 6.42 Å². The third-order valence-electron chi connectivity index (χ3n) is 2.31. The lowest BCUT2D eigenvalue weighted by Crippen LogP contribution is -2.12. The fraction of sp³-hybridized carbons (Fsp3) is 0.167. The van der Waals surface area contributed by atoms with Crippen molar-refractivity contribution in [2.45, 2.75) is 13.3 Å². The number of rotatable bonds is 2. The molecule has 0 aliphatic rings. The van der Waals surface area contributed by atoms with E-state index in [1.54, 1.807) is 0 Å². The molecule has 0 spiro atoms. The molecule has 82 valence electrons. The van der Waals surface area contributed by atoms with E-state index in [2.05, 4.69) is 9.97 Å². The van der Waals surface area contributed by atoms with Crippen molar-refractivity contribution in [2.75, 3.05) is 0 Å². The molecule has 2 aromatic rings. The molecule has 0 saturated heterocycles. The summed E-state index contributed by atoms with van der Waals surface area (Å²) >= 11 is 5.85. The lowest BCUT2D eigenvalue weighted by atomic mass is 10.2. The third kappa shape index (κ3) is 1.99. The Kier molecular flexibility index (Phi) is 3.06. The Morgan fingerprint density at radius 2 is 2.00 bits per heavy atom. The van der Waals surface area contributed by atoms with Crippen molar-refractivity contribution in [2.24, 2.45) is 0 Å². The van der Waals surface area contributed by atoms with Gasteiger partial charge in [0.05, 0.1) is 5.69 Å². The Labute approximate surface area is 98.1 Å². The molecule has 0 aliphatic heterocycles. The standard InChI is InChI=1S/C12H11ClN2O/c1-2-9-10(13)12(16)15-11(14-9)8-6-4-3-5-7-8/h3-7H,2H2,1H3,(H,14,15,16). The molecular formula is C12H11ClN2O. The first-order valence-electron chi connectivity index (χ1n) is 5.06. The Morgan fingerprint density at radius 3 is 2.62 bits per heavy atom. The second kappa shape index (κ2) is 4.49. The number of hydrogen-bond acceptors (Lipinski definition) is 2. The molecule has 4 heteroatoms. The predicted octanol–water partition coefficient (Wildman–Crippen LogP) is 2.65. The number of aromatic amines is 1. The molecule has 16 heavy (non-hydrogen) atoms. The van der Waals surface area contributed by atoms with Crippen molar-refractivity contribution in [3.63, 3.8) is 0 Å². The van der Waals surface area contributed by atoms with Gasteiger partial charge < -0.3 is 4.98 Å². The fourth-order valence-electron chi connectivity index (χ4n) is 1.47. The summed E-state index contributed by atoms with van der Waals surface area (Å²) in [5, 5.41) is 0.183. The molecule has 0 atom stereocenters. The number of nitrogens with zero attached hydrogens (tertiary/aromatic N) is 1. The molecule has 0 bridgehead atoms. The van der Waals surface area contributed by atoms with E-state index in [9.17, 15) is 4.79 Å². The van der Waals surface area contributed by atoms with Crippen molar-refractivity contribution >= 4 is 11.6 Å². The number of H-pyrrole nitrogens is 1. The zero-order valence-corrected chi connectivity index (χ0v) is 9.58. The normalized spacial score (nSPS) is 10.4. The third-order valence-corrected chi connectivity index (χ3v) is 2.70. The summed E-state index contributed by atoms with van der Waals surface area (Å²) in [5.74, 6) is 0.562. The van der Waals surface area contributed by atoms with Gasteiger partial charge in [-0.25, -0.2) is 4.98 Å². The van der Waals surface area contributed by atoms with Crippen LogP contribution in [-0.4, -0.2) is 9.97 Å². The summed E-state index contributed by atoms with van der Waals surface area (Å²) in [6, 6.07) is 9.50. The number of aryl methyl sites for hydroxylation is 1.